The molecule has 0 saturated carbocycles. The van der Waals surface area contributed by atoms with Gasteiger partial charge in [-0.3, -0.25) is 14.9 Å². The van der Waals surface area contributed by atoms with Crippen LogP contribution < -0.4 is 15.5 Å². The zero-order valence-electron chi connectivity index (χ0n) is 16.2. The molecule has 4 rings (SSSR count). The highest BCUT2D eigenvalue weighted by Gasteiger charge is 2.17. The minimum atomic E-state index is -0.619. The molecule has 0 bridgehead atoms. The van der Waals surface area contributed by atoms with Gasteiger partial charge in [0.05, 0.1) is 22.5 Å². The van der Waals surface area contributed by atoms with Crippen molar-refractivity contribution in [1.82, 2.24) is 14.8 Å². The number of hydrogen-bond donors (Lipinski definition) is 1. The van der Waals surface area contributed by atoms with Crippen molar-refractivity contribution in [1.29, 1.82) is 0 Å². The van der Waals surface area contributed by atoms with E-state index in [1.165, 1.54) is 22.1 Å². The first-order valence-electron chi connectivity index (χ1n) is 9.16. The highest BCUT2D eigenvalue weighted by atomic mass is 35.5. The molecule has 0 fully saturated rings. The number of anilines is 1. The van der Waals surface area contributed by atoms with Crippen molar-refractivity contribution in [2.24, 2.45) is 0 Å². The lowest BCUT2D eigenvalue weighted by atomic mass is 10.2. The predicted octanol–water partition coefficient (Wildman–Crippen LogP) is 4.46. The fourth-order valence-corrected chi connectivity index (χ4v) is 3.93. The van der Waals surface area contributed by atoms with E-state index in [0.29, 0.717) is 28.1 Å². The third-order valence-electron chi connectivity index (χ3n) is 4.29. The second-order valence-corrected chi connectivity index (χ2v) is 7.89. The van der Waals surface area contributed by atoms with Crippen LogP contribution in [-0.4, -0.2) is 27.3 Å². The summed E-state index contributed by atoms with van der Waals surface area (Å²) in [6, 6.07) is 13.8. The van der Waals surface area contributed by atoms with Crippen molar-refractivity contribution in [3.8, 4) is 11.4 Å². The number of halogens is 1. The number of amides is 1. The fraction of sp³-hybridized carbons (Fsp3) is 0.143. The number of carbonyl (C=O) groups is 1. The third-order valence-corrected chi connectivity index (χ3v) is 5.47. The molecule has 7 nitrogen and oxygen atoms in total. The Morgan fingerprint density at radius 1 is 1.20 bits per heavy atom. The molecule has 9 heteroatoms. The fourth-order valence-electron chi connectivity index (χ4n) is 2.92. The third kappa shape index (κ3) is 4.05. The summed E-state index contributed by atoms with van der Waals surface area (Å²) in [6.45, 7) is 4.22. The second kappa shape index (κ2) is 8.25. The van der Waals surface area contributed by atoms with E-state index < -0.39 is 11.3 Å². The molecule has 2 aromatic heterocycles. The summed E-state index contributed by atoms with van der Waals surface area (Å²) >= 11 is 7.24. The van der Waals surface area contributed by atoms with E-state index in [1.807, 2.05) is 25.1 Å². The zero-order valence-corrected chi connectivity index (χ0v) is 17.8. The van der Waals surface area contributed by atoms with Gasteiger partial charge < -0.3 is 4.74 Å². The molecule has 2 heterocycles. The molecule has 1 N–H and O–H groups in total. The lowest BCUT2D eigenvalue weighted by Crippen LogP contribution is -2.26. The maximum Gasteiger partial charge on any atom is 0.281 e. The van der Waals surface area contributed by atoms with Gasteiger partial charge in [-0.05, 0) is 56.3 Å². The van der Waals surface area contributed by atoms with Gasteiger partial charge >= 0.3 is 0 Å². The van der Waals surface area contributed by atoms with Gasteiger partial charge in [0.1, 0.15) is 5.75 Å². The van der Waals surface area contributed by atoms with Gasteiger partial charge in [0.2, 0.25) is 5.43 Å². The van der Waals surface area contributed by atoms with Crippen molar-refractivity contribution in [3.05, 3.63) is 75.2 Å². The molecule has 152 valence electrons. The molecule has 0 aliphatic carbocycles. The van der Waals surface area contributed by atoms with Gasteiger partial charge in [0.25, 0.3) is 5.91 Å². The van der Waals surface area contributed by atoms with Gasteiger partial charge in [0, 0.05) is 16.8 Å². The molecule has 30 heavy (non-hydrogen) atoms. The number of ether oxygens (including phenoxy) is 1. The van der Waals surface area contributed by atoms with Gasteiger partial charge in [0.15, 0.2) is 10.8 Å². The van der Waals surface area contributed by atoms with Crippen LogP contribution in [-0.2, 0) is 0 Å². The summed E-state index contributed by atoms with van der Waals surface area (Å²) in [6.07, 6.45) is 0. The molecular weight excluding hydrogens is 424 g/mol. The summed E-state index contributed by atoms with van der Waals surface area (Å²) in [5.74, 6) is 0.115. The maximum atomic E-state index is 12.8. The molecule has 0 saturated heterocycles. The number of fused-ring (bicyclic) bond motifs is 1. The molecule has 0 aliphatic rings. The van der Waals surface area contributed by atoms with Crippen molar-refractivity contribution in [3.63, 3.8) is 0 Å². The summed E-state index contributed by atoms with van der Waals surface area (Å²) in [5, 5.41) is 7.90. The minimum Gasteiger partial charge on any atom is -0.494 e. The van der Waals surface area contributed by atoms with E-state index in [1.54, 1.807) is 31.2 Å². The largest absolute Gasteiger partial charge is 0.494 e. The monoisotopic (exact) mass is 440 g/mol. The standard InChI is InChI=1S/C21H17ClN4O3S/c1-3-29-15-8-9-16-18(11-15)30-21(23-16)24-20(28)19-17(27)10-12(2)26(25-19)14-6-4-13(22)5-7-14/h4-11H,3H2,1-2H3,(H,23,24,28). The quantitative estimate of drug-likeness (QED) is 0.495. The summed E-state index contributed by atoms with van der Waals surface area (Å²) < 4.78 is 7.89. The van der Waals surface area contributed by atoms with Crippen LogP contribution in [0.15, 0.2) is 53.3 Å². The first kappa shape index (κ1) is 20.1. The Bertz CT molecular complexity index is 1300. The lowest BCUT2D eigenvalue weighted by molar-refractivity contribution is 0.101. The maximum absolute atomic E-state index is 12.8. The summed E-state index contributed by atoms with van der Waals surface area (Å²) in [7, 11) is 0. The average Bonchev–Trinajstić information content (AvgIpc) is 3.10. The Morgan fingerprint density at radius 2 is 1.97 bits per heavy atom. The molecule has 0 aliphatic heterocycles. The normalized spacial score (nSPS) is 10.9. The second-order valence-electron chi connectivity index (χ2n) is 6.42. The Balaban J connectivity index is 1.64. The van der Waals surface area contributed by atoms with Crippen LogP contribution in [0.3, 0.4) is 0 Å². The van der Waals surface area contributed by atoms with Gasteiger partial charge in [-0.1, -0.05) is 22.9 Å². The number of aromatic nitrogens is 3. The Kier molecular flexibility index (Phi) is 5.52. The summed E-state index contributed by atoms with van der Waals surface area (Å²) in [5.41, 5.74) is 1.34. The van der Waals surface area contributed by atoms with E-state index in [2.05, 4.69) is 15.4 Å². The van der Waals surface area contributed by atoms with Gasteiger partial charge in [-0.25, -0.2) is 9.67 Å². The van der Waals surface area contributed by atoms with Crippen LogP contribution in [0.5, 0.6) is 5.75 Å². The van der Waals surface area contributed by atoms with Crippen LogP contribution in [0.1, 0.15) is 23.1 Å². The molecule has 2 aromatic carbocycles. The number of thiazole rings is 1. The molecule has 0 spiro atoms. The Hall–Kier alpha value is -3.23. The van der Waals surface area contributed by atoms with Crippen molar-refractivity contribution in [2.75, 3.05) is 11.9 Å². The number of nitrogens with one attached hydrogen (secondary N) is 1. The first-order chi connectivity index (χ1) is 14.4. The number of benzene rings is 2. The minimum absolute atomic E-state index is 0.218. The molecule has 1 amide bonds. The molecule has 0 radical (unpaired) electrons. The van der Waals surface area contributed by atoms with Crippen LogP contribution in [0.25, 0.3) is 15.9 Å². The summed E-state index contributed by atoms with van der Waals surface area (Å²) in [4.78, 5) is 29.6. The number of aryl methyl sites for hydroxylation is 1. The van der Waals surface area contributed by atoms with E-state index in [4.69, 9.17) is 16.3 Å². The van der Waals surface area contributed by atoms with E-state index in [-0.39, 0.29) is 5.69 Å². The van der Waals surface area contributed by atoms with Gasteiger partial charge in [-0.2, -0.15) is 5.10 Å². The number of nitrogens with zero attached hydrogens (tertiary/aromatic N) is 3. The van der Waals surface area contributed by atoms with Crippen molar-refractivity contribution in [2.45, 2.75) is 13.8 Å². The van der Waals surface area contributed by atoms with Crippen molar-refractivity contribution >= 4 is 44.2 Å². The van der Waals surface area contributed by atoms with E-state index in [9.17, 15) is 9.59 Å². The SMILES string of the molecule is CCOc1ccc2nc(NC(=O)c3nn(-c4ccc(Cl)cc4)c(C)cc3=O)sc2c1. The highest BCUT2D eigenvalue weighted by Crippen LogP contribution is 2.29. The van der Waals surface area contributed by atoms with E-state index in [0.717, 1.165) is 16.0 Å². The Labute approximate surface area is 180 Å². The van der Waals surface area contributed by atoms with Crippen molar-refractivity contribution < 1.29 is 9.53 Å². The molecule has 0 atom stereocenters. The van der Waals surface area contributed by atoms with Crippen LogP contribution >= 0.6 is 22.9 Å². The van der Waals surface area contributed by atoms with Gasteiger partial charge in [-0.15, -0.1) is 0 Å². The van der Waals surface area contributed by atoms with Crippen LogP contribution in [0.2, 0.25) is 5.02 Å². The predicted molar refractivity (Wildman–Crippen MR) is 118 cm³/mol. The smallest absolute Gasteiger partial charge is 0.281 e. The molecule has 4 aromatic rings. The zero-order chi connectivity index (χ0) is 21.3. The van der Waals surface area contributed by atoms with Crippen LogP contribution in [0, 0.1) is 6.92 Å². The molecular formula is C21H17ClN4O3S. The molecule has 0 unspecified atom stereocenters. The number of hydrogen-bond acceptors (Lipinski definition) is 6. The first-order valence-corrected chi connectivity index (χ1v) is 10.4. The average molecular weight is 441 g/mol. The highest BCUT2D eigenvalue weighted by molar-refractivity contribution is 7.22. The topological polar surface area (TPSA) is 86.1 Å². The van der Waals surface area contributed by atoms with E-state index >= 15 is 0 Å². The lowest BCUT2D eigenvalue weighted by Gasteiger charge is -2.11. The number of rotatable bonds is 5. The number of carbonyl (C=O) groups excluding carboxylic acids is 1. The Morgan fingerprint density at radius 3 is 2.70 bits per heavy atom. The van der Waals surface area contributed by atoms with Crippen LogP contribution in [0.4, 0.5) is 5.13 Å².